The average molecular weight is 230 g/mol. The van der Waals surface area contributed by atoms with Crippen molar-refractivity contribution in [2.24, 2.45) is 7.05 Å². The molecule has 0 atom stereocenters. The molecule has 2 rings (SSSR count). The highest BCUT2D eigenvalue weighted by Gasteiger charge is 2.15. The molecule has 6 heteroatoms. The lowest BCUT2D eigenvalue weighted by Gasteiger charge is -2.29. The molecular weight excluding hydrogens is 218 g/mol. The molecule has 0 aliphatic carbocycles. The van der Waals surface area contributed by atoms with E-state index in [9.17, 15) is 4.79 Å². The predicted octanol–water partition coefficient (Wildman–Crippen LogP) is 0.270. The summed E-state index contributed by atoms with van der Waals surface area (Å²) in [4.78, 5) is 17.1. The van der Waals surface area contributed by atoms with E-state index in [1.54, 1.807) is 13.1 Å². The van der Waals surface area contributed by atoms with E-state index in [1.165, 1.54) is 4.57 Å². The van der Waals surface area contributed by atoms with Crippen molar-refractivity contribution in [3.8, 4) is 0 Å². The zero-order valence-corrected chi connectivity index (χ0v) is 9.20. The second kappa shape index (κ2) is 4.20. The second-order valence-electron chi connectivity index (χ2n) is 3.38. The molecule has 0 aromatic carbocycles. The first-order chi connectivity index (χ1) is 7.18. The minimum atomic E-state index is -0.330. The van der Waals surface area contributed by atoms with Crippen molar-refractivity contribution in [3.63, 3.8) is 0 Å². The maximum Gasteiger partial charge on any atom is 0.350 e. The van der Waals surface area contributed by atoms with Gasteiger partial charge in [-0.1, -0.05) is 11.6 Å². The van der Waals surface area contributed by atoms with Gasteiger partial charge in [0.1, 0.15) is 11.0 Å². The standard InChI is InChI=1S/C9H12ClN3O2/c1-12-8(6-7(10)11-9(12)14)13-2-4-15-5-3-13/h6H,2-5H2,1H3. The number of rotatable bonds is 1. The number of halogens is 1. The molecule has 0 saturated carbocycles. The number of hydrogen-bond donors (Lipinski definition) is 0. The van der Waals surface area contributed by atoms with Crippen molar-refractivity contribution < 1.29 is 4.74 Å². The Hall–Kier alpha value is -1.07. The van der Waals surface area contributed by atoms with Crippen molar-refractivity contribution in [2.75, 3.05) is 31.2 Å². The summed E-state index contributed by atoms with van der Waals surface area (Å²) in [5, 5.41) is 0.236. The Labute approximate surface area is 92.2 Å². The molecule has 2 heterocycles. The normalized spacial score (nSPS) is 16.8. The van der Waals surface area contributed by atoms with Crippen LogP contribution in [0, 0.1) is 0 Å². The Morgan fingerprint density at radius 2 is 2.13 bits per heavy atom. The first-order valence-electron chi connectivity index (χ1n) is 4.75. The van der Waals surface area contributed by atoms with Crippen LogP contribution in [0.25, 0.3) is 0 Å². The maximum absolute atomic E-state index is 11.4. The highest BCUT2D eigenvalue weighted by Crippen LogP contribution is 2.15. The van der Waals surface area contributed by atoms with Gasteiger partial charge in [-0.3, -0.25) is 4.57 Å². The third kappa shape index (κ3) is 2.13. The summed E-state index contributed by atoms with van der Waals surface area (Å²) in [7, 11) is 1.69. The Morgan fingerprint density at radius 3 is 2.80 bits per heavy atom. The minimum absolute atomic E-state index is 0.236. The molecule has 15 heavy (non-hydrogen) atoms. The van der Waals surface area contributed by atoms with Gasteiger partial charge < -0.3 is 9.64 Å². The van der Waals surface area contributed by atoms with Crippen LogP contribution in [0.2, 0.25) is 5.15 Å². The van der Waals surface area contributed by atoms with Crippen molar-refractivity contribution in [3.05, 3.63) is 21.7 Å². The van der Waals surface area contributed by atoms with E-state index in [1.807, 2.05) is 0 Å². The van der Waals surface area contributed by atoms with Crippen molar-refractivity contribution in [1.82, 2.24) is 9.55 Å². The van der Waals surface area contributed by atoms with Crippen LogP contribution in [-0.2, 0) is 11.8 Å². The van der Waals surface area contributed by atoms with E-state index in [2.05, 4.69) is 9.88 Å². The zero-order valence-electron chi connectivity index (χ0n) is 8.44. The van der Waals surface area contributed by atoms with Gasteiger partial charge in [-0.25, -0.2) is 4.79 Å². The third-order valence-electron chi connectivity index (χ3n) is 2.42. The smallest absolute Gasteiger partial charge is 0.350 e. The van der Waals surface area contributed by atoms with E-state index in [4.69, 9.17) is 16.3 Å². The first-order valence-corrected chi connectivity index (χ1v) is 5.12. The lowest BCUT2D eigenvalue weighted by molar-refractivity contribution is 0.122. The molecule has 0 radical (unpaired) electrons. The number of morpholine rings is 1. The summed E-state index contributed by atoms with van der Waals surface area (Å²) in [6.45, 7) is 2.89. The fourth-order valence-corrected chi connectivity index (χ4v) is 1.77. The minimum Gasteiger partial charge on any atom is -0.378 e. The molecule has 0 bridgehead atoms. The summed E-state index contributed by atoms with van der Waals surface area (Å²) in [5.74, 6) is 0.795. The lowest BCUT2D eigenvalue weighted by atomic mass is 10.4. The van der Waals surface area contributed by atoms with Crippen LogP contribution in [0.1, 0.15) is 0 Å². The Kier molecular flexibility index (Phi) is 2.93. The molecule has 0 N–H and O–H groups in total. The number of anilines is 1. The molecule has 1 aliphatic heterocycles. The molecule has 5 nitrogen and oxygen atoms in total. The van der Waals surface area contributed by atoms with Gasteiger partial charge in [0.05, 0.1) is 13.2 Å². The van der Waals surface area contributed by atoms with E-state index in [0.29, 0.717) is 13.2 Å². The first kappa shape index (κ1) is 10.4. The molecule has 1 fully saturated rings. The predicted molar refractivity (Wildman–Crippen MR) is 57.5 cm³/mol. The van der Waals surface area contributed by atoms with Gasteiger partial charge in [0.15, 0.2) is 0 Å². The summed E-state index contributed by atoms with van der Waals surface area (Å²) in [6.07, 6.45) is 0. The summed E-state index contributed by atoms with van der Waals surface area (Å²) >= 11 is 5.76. The van der Waals surface area contributed by atoms with E-state index in [-0.39, 0.29) is 10.8 Å². The lowest BCUT2D eigenvalue weighted by Crippen LogP contribution is -2.39. The van der Waals surface area contributed by atoms with Crippen molar-refractivity contribution in [1.29, 1.82) is 0 Å². The molecular formula is C9H12ClN3O2. The highest BCUT2D eigenvalue weighted by molar-refractivity contribution is 6.29. The van der Waals surface area contributed by atoms with Gasteiger partial charge in [0.2, 0.25) is 0 Å². The topological polar surface area (TPSA) is 47.4 Å². The van der Waals surface area contributed by atoms with Gasteiger partial charge in [-0.2, -0.15) is 4.98 Å². The summed E-state index contributed by atoms with van der Waals surface area (Å²) in [5.41, 5.74) is -0.330. The largest absolute Gasteiger partial charge is 0.378 e. The number of nitrogens with zero attached hydrogens (tertiary/aromatic N) is 3. The van der Waals surface area contributed by atoms with Crippen molar-refractivity contribution in [2.45, 2.75) is 0 Å². The molecule has 0 spiro atoms. The molecule has 82 valence electrons. The SMILES string of the molecule is Cn1c(N2CCOCC2)cc(Cl)nc1=O. The fourth-order valence-electron chi connectivity index (χ4n) is 1.60. The van der Waals surface area contributed by atoms with Gasteiger partial charge in [-0.15, -0.1) is 0 Å². The van der Waals surface area contributed by atoms with Gasteiger partial charge in [-0.05, 0) is 0 Å². The van der Waals surface area contributed by atoms with E-state index < -0.39 is 0 Å². The Balaban J connectivity index is 2.37. The Morgan fingerprint density at radius 1 is 1.47 bits per heavy atom. The van der Waals surface area contributed by atoms with Crippen LogP contribution in [0.5, 0.6) is 0 Å². The molecule has 1 aromatic rings. The molecule has 0 amide bonds. The Bertz CT molecular complexity index is 412. The van der Waals surface area contributed by atoms with Crippen molar-refractivity contribution >= 4 is 17.4 Å². The summed E-state index contributed by atoms with van der Waals surface area (Å²) in [6, 6.07) is 1.70. The van der Waals surface area contributed by atoms with E-state index in [0.717, 1.165) is 18.9 Å². The molecule has 0 unspecified atom stereocenters. The molecule has 1 aromatic heterocycles. The number of ether oxygens (including phenoxy) is 1. The average Bonchev–Trinajstić information content (AvgIpc) is 2.24. The van der Waals surface area contributed by atoms with E-state index >= 15 is 0 Å². The number of hydrogen-bond acceptors (Lipinski definition) is 4. The van der Waals surface area contributed by atoms with Crippen LogP contribution in [0.15, 0.2) is 10.9 Å². The highest BCUT2D eigenvalue weighted by atomic mass is 35.5. The molecule has 1 saturated heterocycles. The zero-order chi connectivity index (χ0) is 10.8. The maximum atomic E-state index is 11.4. The van der Waals surface area contributed by atoms with Gasteiger partial charge >= 0.3 is 5.69 Å². The van der Waals surface area contributed by atoms with Crippen LogP contribution in [0.3, 0.4) is 0 Å². The fraction of sp³-hybridized carbons (Fsp3) is 0.556. The monoisotopic (exact) mass is 229 g/mol. The second-order valence-corrected chi connectivity index (χ2v) is 3.77. The van der Waals surface area contributed by atoms with Crippen LogP contribution >= 0.6 is 11.6 Å². The van der Waals surface area contributed by atoms with Gasteiger partial charge in [0.25, 0.3) is 0 Å². The number of aromatic nitrogens is 2. The van der Waals surface area contributed by atoms with Gasteiger partial charge in [0, 0.05) is 26.2 Å². The van der Waals surface area contributed by atoms with Crippen LogP contribution < -0.4 is 10.6 Å². The van der Waals surface area contributed by atoms with Crippen LogP contribution in [-0.4, -0.2) is 35.9 Å². The quantitative estimate of drug-likeness (QED) is 0.649. The third-order valence-corrected chi connectivity index (χ3v) is 2.61. The van der Waals surface area contributed by atoms with Crippen LogP contribution in [0.4, 0.5) is 5.82 Å². The summed E-state index contributed by atoms with van der Waals surface area (Å²) < 4.78 is 6.74. The molecule has 1 aliphatic rings.